The molecule has 1 saturated carbocycles. The maximum absolute atomic E-state index is 15.3. The average molecular weight is 596 g/mol. The van der Waals surface area contributed by atoms with Gasteiger partial charge in [0.05, 0.1) is 25.1 Å². The predicted octanol–water partition coefficient (Wildman–Crippen LogP) is 8.32. The number of aromatic nitrogens is 1. The molecule has 1 fully saturated rings. The number of carbonyl (C=O) groups is 2. The number of aryl methyl sites for hydroxylation is 1. The highest BCUT2D eigenvalue weighted by Crippen LogP contribution is 2.46. The number of hydrogen-bond donors (Lipinski definition) is 0. The Bertz CT molecular complexity index is 1380. The molecule has 226 valence electrons. The molecule has 1 aromatic heterocycles. The number of rotatable bonds is 8. The summed E-state index contributed by atoms with van der Waals surface area (Å²) in [5.74, 6) is 0.997. The van der Waals surface area contributed by atoms with E-state index in [-0.39, 0.29) is 24.0 Å². The quantitative estimate of drug-likeness (QED) is 0.193. The number of ketones is 1. The Balaban J connectivity index is 0.000000283. The van der Waals surface area contributed by atoms with Crippen LogP contribution in [-0.4, -0.2) is 36.3 Å². The van der Waals surface area contributed by atoms with Gasteiger partial charge in [-0.25, -0.2) is 4.39 Å². The molecule has 2 unspecified atom stereocenters. The van der Waals surface area contributed by atoms with Crippen molar-refractivity contribution in [1.82, 2.24) is 4.57 Å². The van der Waals surface area contributed by atoms with Crippen LogP contribution in [0.1, 0.15) is 93.4 Å². The zero-order valence-electron chi connectivity index (χ0n) is 25.3. The normalized spacial score (nSPS) is 18.1. The topological polar surface area (TPSA) is 66.8 Å². The second-order valence-electron chi connectivity index (χ2n) is 11.0. The minimum atomic E-state index is -0.583. The monoisotopic (exact) mass is 595 g/mol. The third-order valence-corrected chi connectivity index (χ3v) is 8.61. The van der Waals surface area contributed by atoms with Crippen molar-refractivity contribution in [3.05, 3.63) is 76.9 Å². The lowest BCUT2D eigenvalue weighted by Gasteiger charge is -2.25. The number of hydrogen-bond acceptors (Lipinski definition) is 6. The number of halogens is 1. The van der Waals surface area contributed by atoms with Gasteiger partial charge in [0, 0.05) is 35.1 Å². The van der Waals surface area contributed by atoms with E-state index in [0.29, 0.717) is 35.9 Å². The summed E-state index contributed by atoms with van der Waals surface area (Å²) in [7, 11) is 1.63. The van der Waals surface area contributed by atoms with Crippen LogP contribution in [0.2, 0.25) is 0 Å². The molecule has 8 heteroatoms. The Morgan fingerprint density at radius 3 is 2.50 bits per heavy atom. The molecular formula is C34H42FNO5S. The Labute approximate surface area is 252 Å². The third-order valence-electron chi connectivity index (χ3n) is 7.85. The van der Waals surface area contributed by atoms with Gasteiger partial charge in [-0.3, -0.25) is 9.59 Å². The van der Waals surface area contributed by atoms with E-state index in [4.69, 9.17) is 14.2 Å². The fraction of sp³-hybridized carbons (Fsp3) is 0.471. The summed E-state index contributed by atoms with van der Waals surface area (Å²) in [5.41, 5.74) is 3.55. The molecule has 5 rings (SSSR count). The lowest BCUT2D eigenvalue weighted by molar-refractivity contribution is -0.144. The number of para-hydroxylation sites is 1. The van der Waals surface area contributed by atoms with Gasteiger partial charge in [-0.1, -0.05) is 37.5 Å². The summed E-state index contributed by atoms with van der Waals surface area (Å²) in [6.45, 7) is 5.79. The number of ether oxygens (including phenoxy) is 3. The number of methoxy groups -OCH3 is 1. The summed E-state index contributed by atoms with van der Waals surface area (Å²) in [6.07, 6.45) is 9.95. The van der Waals surface area contributed by atoms with E-state index in [9.17, 15) is 9.59 Å². The zero-order valence-corrected chi connectivity index (χ0v) is 26.1. The Morgan fingerprint density at radius 2 is 1.83 bits per heavy atom. The molecule has 2 aromatic carbocycles. The number of thioether (sulfide) groups is 1. The second kappa shape index (κ2) is 14.9. The SMILES string of the molecule is CCOC(=O)CC1CCCCC1.COc1c(SC)cccc1C1OC(CC(C)=O)c2cccn2-c2c(F)cc(C)cc21. The summed E-state index contributed by atoms with van der Waals surface area (Å²) >= 11 is 1.58. The molecule has 0 bridgehead atoms. The number of benzene rings is 2. The molecule has 0 spiro atoms. The molecule has 2 atom stereocenters. The number of carbonyl (C=O) groups excluding carboxylic acids is 2. The first-order valence-electron chi connectivity index (χ1n) is 14.8. The zero-order chi connectivity index (χ0) is 30.2. The molecule has 3 aromatic rings. The highest BCUT2D eigenvalue weighted by atomic mass is 32.2. The Kier molecular flexibility index (Phi) is 11.3. The van der Waals surface area contributed by atoms with Crippen LogP contribution < -0.4 is 4.74 Å². The van der Waals surface area contributed by atoms with Gasteiger partial charge in [-0.2, -0.15) is 0 Å². The van der Waals surface area contributed by atoms with Crippen LogP contribution in [0.3, 0.4) is 0 Å². The standard InChI is InChI=1S/C24H24FNO3S.C10H18O2/c1-14-11-17-22(18(25)12-14)26-10-6-8-19(26)20(13-15(2)27)29-23(17)16-7-5-9-21(30-4)24(16)28-3;1-2-12-10(11)8-9-6-4-3-5-7-9/h5-12,20,23H,13H2,1-4H3;9H,2-8H2,1H3. The van der Waals surface area contributed by atoms with Gasteiger partial charge in [0.2, 0.25) is 0 Å². The molecule has 0 amide bonds. The minimum Gasteiger partial charge on any atom is -0.495 e. The van der Waals surface area contributed by atoms with Crippen molar-refractivity contribution in [2.45, 2.75) is 82.8 Å². The van der Waals surface area contributed by atoms with E-state index in [2.05, 4.69) is 0 Å². The fourth-order valence-electron chi connectivity index (χ4n) is 6.00. The van der Waals surface area contributed by atoms with Crippen molar-refractivity contribution < 1.29 is 28.2 Å². The van der Waals surface area contributed by atoms with Crippen LogP contribution >= 0.6 is 11.8 Å². The van der Waals surface area contributed by atoms with Crippen molar-refractivity contribution >= 4 is 23.5 Å². The average Bonchev–Trinajstić information content (AvgIpc) is 3.40. The molecule has 0 saturated heterocycles. The molecule has 2 aliphatic rings. The maximum Gasteiger partial charge on any atom is 0.306 e. The first-order valence-corrected chi connectivity index (χ1v) is 16.0. The van der Waals surface area contributed by atoms with Crippen LogP contribution in [-0.2, 0) is 19.1 Å². The minimum absolute atomic E-state index is 0.00981. The van der Waals surface area contributed by atoms with Gasteiger partial charge in [-0.05, 0) is 75.6 Å². The summed E-state index contributed by atoms with van der Waals surface area (Å²) in [5, 5.41) is 0. The van der Waals surface area contributed by atoms with Crippen LogP contribution in [0.5, 0.6) is 5.75 Å². The lowest BCUT2D eigenvalue weighted by atomic mass is 9.87. The van der Waals surface area contributed by atoms with Gasteiger partial charge < -0.3 is 18.8 Å². The Morgan fingerprint density at radius 1 is 1.07 bits per heavy atom. The van der Waals surface area contributed by atoms with Crippen molar-refractivity contribution in [3.8, 4) is 11.4 Å². The second-order valence-corrected chi connectivity index (χ2v) is 11.8. The molecule has 0 N–H and O–H groups in total. The van der Waals surface area contributed by atoms with Gasteiger partial charge >= 0.3 is 5.97 Å². The van der Waals surface area contributed by atoms with Gasteiger partial charge in [-0.15, -0.1) is 11.8 Å². The largest absolute Gasteiger partial charge is 0.495 e. The van der Waals surface area contributed by atoms with Crippen molar-refractivity contribution in [2.75, 3.05) is 20.0 Å². The first-order chi connectivity index (χ1) is 20.3. The highest BCUT2D eigenvalue weighted by molar-refractivity contribution is 7.98. The molecule has 6 nitrogen and oxygen atoms in total. The van der Waals surface area contributed by atoms with E-state index in [1.807, 2.05) is 67.3 Å². The van der Waals surface area contributed by atoms with Crippen LogP contribution in [0, 0.1) is 18.7 Å². The first kappa shape index (κ1) is 31.8. The van der Waals surface area contributed by atoms with Gasteiger partial charge in [0.25, 0.3) is 0 Å². The lowest BCUT2D eigenvalue weighted by Crippen LogP contribution is -2.14. The fourth-order valence-corrected chi connectivity index (χ4v) is 6.60. The maximum atomic E-state index is 15.3. The van der Waals surface area contributed by atoms with E-state index >= 15 is 4.39 Å². The van der Waals surface area contributed by atoms with E-state index in [1.54, 1.807) is 25.8 Å². The number of nitrogens with zero attached hydrogens (tertiary/aromatic N) is 1. The van der Waals surface area contributed by atoms with Crippen molar-refractivity contribution in [1.29, 1.82) is 0 Å². The molecule has 1 aliphatic heterocycles. The van der Waals surface area contributed by atoms with E-state index in [0.717, 1.165) is 21.7 Å². The van der Waals surface area contributed by atoms with Crippen LogP contribution in [0.15, 0.2) is 53.6 Å². The third kappa shape index (κ3) is 7.45. The Hall–Kier alpha value is -3.10. The van der Waals surface area contributed by atoms with E-state index in [1.165, 1.54) is 38.2 Å². The molecule has 0 radical (unpaired) electrons. The molecular weight excluding hydrogens is 553 g/mol. The van der Waals surface area contributed by atoms with Gasteiger partial charge in [0.1, 0.15) is 29.6 Å². The number of Topliss-reactive ketones (excluding diaryl/α,β-unsaturated/α-hetero) is 1. The van der Waals surface area contributed by atoms with Crippen LogP contribution in [0.25, 0.3) is 5.69 Å². The molecule has 2 heterocycles. The summed E-state index contributed by atoms with van der Waals surface area (Å²) in [6, 6.07) is 13.1. The summed E-state index contributed by atoms with van der Waals surface area (Å²) < 4.78 is 34.3. The number of esters is 1. The number of fused-ring (bicyclic) bond motifs is 3. The van der Waals surface area contributed by atoms with Crippen molar-refractivity contribution in [3.63, 3.8) is 0 Å². The van der Waals surface area contributed by atoms with Crippen molar-refractivity contribution in [2.24, 2.45) is 5.92 Å². The molecule has 42 heavy (non-hydrogen) atoms. The van der Waals surface area contributed by atoms with E-state index < -0.39 is 12.2 Å². The molecule has 1 aliphatic carbocycles. The predicted molar refractivity (Wildman–Crippen MR) is 164 cm³/mol. The highest BCUT2D eigenvalue weighted by Gasteiger charge is 2.34. The summed E-state index contributed by atoms with van der Waals surface area (Å²) in [4.78, 5) is 24.1. The van der Waals surface area contributed by atoms with Gasteiger partial charge in [0.15, 0.2) is 0 Å². The smallest absolute Gasteiger partial charge is 0.306 e. The van der Waals surface area contributed by atoms with Crippen LogP contribution in [0.4, 0.5) is 4.39 Å².